The number of fused-ring (bicyclic) bond motifs is 2. The molecule has 1 aromatic heterocycles. The largest absolute Gasteiger partial charge is 0.465 e. The van der Waals surface area contributed by atoms with E-state index in [2.05, 4.69) is 34.5 Å². The zero-order valence-electron chi connectivity index (χ0n) is 19.2. The third-order valence-electron chi connectivity index (χ3n) is 5.90. The second kappa shape index (κ2) is 10.1. The van der Waals surface area contributed by atoms with E-state index in [4.69, 9.17) is 14.7 Å². The molecular formula is C27H24N4O3S. The maximum Gasteiger partial charge on any atom is 0.337 e. The van der Waals surface area contributed by atoms with Gasteiger partial charge in [0.1, 0.15) is 5.03 Å². The average Bonchev–Trinajstić information content (AvgIpc) is 2.91. The van der Waals surface area contributed by atoms with Gasteiger partial charge >= 0.3 is 5.97 Å². The van der Waals surface area contributed by atoms with Gasteiger partial charge in [-0.3, -0.25) is 4.79 Å². The fourth-order valence-electron chi connectivity index (χ4n) is 4.09. The molecule has 0 unspecified atom stereocenters. The van der Waals surface area contributed by atoms with Crippen LogP contribution >= 0.6 is 11.8 Å². The Morgan fingerprint density at radius 3 is 2.51 bits per heavy atom. The number of hydrogen-bond donors (Lipinski definition) is 1. The molecule has 35 heavy (non-hydrogen) atoms. The predicted molar refractivity (Wildman–Crippen MR) is 138 cm³/mol. The Bertz CT molecular complexity index is 1390. The van der Waals surface area contributed by atoms with Crippen LogP contribution in [0.4, 0.5) is 11.6 Å². The SMILES string of the molecule is COC(=O)c1ccc(NC(=O)CSc2nc(N3CCc4ccccc4C3)nc3ccccc23)cc1. The lowest BCUT2D eigenvalue weighted by Gasteiger charge is -2.29. The third-order valence-corrected chi connectivity index (χ3v) is 6.89. The molecule has 4 aromatic rings. The molecular weight excluding hydrogens is 460 g/mol. The van der Waals surface area contributed by atoms with Crippen molar-refractivity contribution >= 4 is 46.2 Å². The van der Waals surface area contributed by atoms with Crippen LogP contribution < -0.4 is 10.2 Å². The number of ether oxygens (including phenoxy) is 1. The summed E-state index contributed by atoms with van der Waals surface area (Å²) in [6.45, 7) is 1.61. The number of anilines is 2. The Balaban J connectivity index is 1.32. The monoisotopic (exact) mass is 484 g/mol. The average molecular weight is 485 g/mol. The Kier molecular flexibility index (Phi) is 6.63. The van der Waals surface area contributed by atoms with Crippen molar-refractivity contribution < 1.29 is 14.3 Å². The van der Waals surface area contributed by atoms with Crippen LogP contribution in [-0.2, 0) is 22.5 Å². The smallest absolute Gasteiger partial charge is 0.337 e. The van der Waals surface area contributed by atoms with Crippen LogP contribution in [0.1, 0.15) is 21.5 Å². The van der Waals surface area contributed by atoms with Crippen LogP contribution in [0.15, 0.2) is 77.8 Å². The fourth-order valence-corrected chi connectivity index (χ4v) is 4.91. The van der Waals surface area contributed by atoms with Gasteiger partial charge in [0.15, 0.2) is 0 Å². The van der Waals surface area contributed by atoms with E-state index in [-0.39, 0.29) is 11.7 Å². The van der Waals surface area contributed by atoms with Crippen LogP contribution in [0.2, 0.25) is 0 Å². The van der Waals surface area contributed by atoms with Crippen molar-refractivity contribution in [3.05, 3.63) is 89.5 Å². The molecule has 3 aromatic carbocycles. The van der Waals surface area contributed by atoms with Crippen molar-refractivity contribution in [3.63, 3.8) is 0 Å². The van der Waals surface area contributed by atoms with Gasteiger partial charge in [-0.2, -0.15) is 0 Å². The van der Waals surface area contributed by atoms with E-state index < -0.39 is 5.97 Å². The van der Waals surface area contributed by atoms with Crippen molar-refractivity contribution in [3.8, 4) is 0 Å². The summed E-state index contributed by atoms with van der Waals surface area (Å²) in [5, 5.41) is 4.57. The van der Waals surface area contributed by atoms with Gasteiger partial charge in [0.2, 0.25) is 11.9 Å². The van der Waals surface area contributed by atoms with Gasteiger partial charge < -0.3 is 15.0 Å². The van der Waals surface area contributed by atoms with Crippen molar-refractivity contribution in [2.75, 3.05) is 29.6 Å². The normalized spacial score (nSPS) is 12.8. The zero-order valence-corrected chi connectivity index (χ0v) is 20.0. The molecule has 0 atom stereocenters. The van der Waals surface area contributed by atoms with E-state index in [9.17, 15) is 9.59 Å². The van der Waals surface area contributed by atoms with Gasteiger partial charge in [0.05, 0.1) is 23.9 Å². The molecule has 0 fully saturated rings. The van der Waals surface area contributed by atoms with Gasteiger partial charge in [0.25, 0.3) is 0 Å². The number of aromatic nitrogens is 2. The fraction of sp³-hybridized carbons (Fsp3) is 0.185. The van der Waals surface area contributed by atoms with E-state index in [1.165, 1.54) is 30.0 Å². The Morgan fingerprint density at radius 1 is 0.971 bits per heavy atom. The molecule has 0 saturated carbocycles. The third kappa shape index (κ3) is 5.12. The lowest BCUT2D eigenvalue weighted by atomic mass is 10.0. The molecule has 0 aliphatic carbocycles. The molecule has 0 spiro atoms. The van der Waals surface area contributed by atoms with Crippen LogP contribution in [0.5, 0.6) is 0 Å². The minimum atomic E-state index is -0.415. The summed E-state index contributed by atoms with van der Waals surface area (Å²) in [4.78, 5) is 36.1. The minimum Gasteiger partial charge on any atom is -0.465 e. The van der Waals surface area contributed by atoms with E-state index >= 15 is 0 Å². The van der Waals surface area contributed by atoms with E-state index in [0.717, 1.165) is 35.4 Å². The second-order valence-electron chi connectivity index (χ2n) is 8.19. The number of carbonyl (C=O) groups excluding carboxylic acids is 2. The number of benzene rings is 3. The van der Waals surface area contributed by atoms with E-state index in [0.29, 0.717) is 17.2 Å². The summed E-state index contributed by atoms with van der Waals surface area (Å²) in [7, 11) is 1.33. The Hall–Kier alpha value is -3.91. The van der Waals surface area contributed by atoms with Gasteiger partial charge in [0, 0.05) is 24.2 Å². The number of carbonyl (C=O) groups is 2. The summed E-state index contributed by atoms with van der Waals surface area (Å²) < 4.78 is 4.71. The molecule has 7 nitrogen and oxygen atoms in total. The Morgan fingerprint density at radius 2 is 1.71 bits per heavy atom. The molecule has 2 heterocycles. The van der Waals surface area contributed by atoms with Crippen LogP contribution in [0.3, 0.4) is 0 Å². The van der Waals surface area contributed by atoms with Crippen molar-refractivity contribution in [1.29, 1.82) is 0 Å². The molecule has 1 amide bonds. The number of para-hydroxylation sites is 1. The van der Waals surface area contributed by atoms with Gasteiger partial charge in [-0.25, -0.2) is 14.8 Å². The second-order valence-corrected chi connectivity index (χ2v) is 9.16. The summed E-state index contributed by atoms with van der Waals surface area (Å²) in [6, 6.07) is 23.0. The first kappa shape index (κ1) is 22.9. The number of amides is 1. The minimum absolute atomic E-state index is 0.156. The molecule has 1 N–H and O–H groups in total. The quantitative estimate of drug-likeness (QED) is 0.241. The predicted octanol–water partition coefficient (Wildman–Crippen LogP) is 4.71. The number of nitrogens with zero attached hydrogens (tertiary/aromatic N) is 3. The first-order valence-electron chi connectivity index (χ1n) is 11.3. The lowest BCUT2D eigenvalue weighted by molar-refractivity contribution is -0.113. The lowest BCUT2D eigenvalue weighted by Crippen LogP contribution is -2.31. The molecule has 1 aliphatic rings. The Labute approximate surface area is 207 Å². The van der Waals surface area contributed by atoms with Crippen molar-refractivity contribution in [2.24, 2.45) is 0 Å². The molecule has 5 rings (SSSR count). The molecule has 0 bridgehead atoms. The highest BCUT2D eigenvalue weighted by molar-refractivity contribution is 8.00. The highest BCUT2D eigenvalue weighted by atomic mass is 32.2. The topological polar surface area (TPSA) is 84.4 Å². The number of methoxy groups -OCH3 is 1. The molecule has 0 saturated heterocycles. The number of thioether (sulfide) groups is 1. The molecule has 8 heteroatoms. The molecule has 1 aliphatic heterocycles. The standard InChI is InChI=1S/C27H24N4O3S/c1-34-26(33)19-10-12-21(13-11-19)28-24(32)17-35-25-22-8-4-5-9-23(22)29-27(30-25)31-15-14-18-6-2-3-7-20(18)16-31/h2-13H,14-17H2,1H3,(H,28,32). The molecule has 0 radical (unpaired) electrons. The van der Waals surface area contributed by atoms with Crippen LogP contribution in [0.25, 0.3) is 10.9 Å². The maximum atomic E-state index is 12.6. The first-order chi connectivity index (χ1) is 17.1. The van der Waals surface area contributed by atoms with Gasteiger partial charge in [-0.15, -0.1) is 0 Å². The molecule has 176 valence electrons. The van der Waals surface area contributed by atoms with Crippen molar-refractivity contribution in [1.82, 2.24) is 9.97 Å². The maximum absolute atomic E-state index is 12.6. The number of nitrogens with one attached hydrogen (secondary N) is 1. The van der Waals surface area contributed by atoms with Gasteiger partial charge in [-0.05, 0) is 47.9 Å². The van der Waals surface area contributed by atoms with E-state index in [1.54, 1.807) is 24.3 Å². The highest BCUT2D eigenvalue weighted by Crippen LogP contribution is 2.30. The van der Waals surface area contributed by atoms with E-state index in [1.807, 2.05) is 24.3 Å². The summed E-state index contributed by atoms with van der Waals surface area (Å²) in [5.41, 5.74) is 4.57. The van der Waals surface area contributed by atoms with Crippen LogP contribution in [-0.4, -0.2) is 41.3 Å². The van der Waals surface area contributed by atoms with Crippen LogP contribution in [0, 0.1) is 0 Å². The first-order valence-corrected chi connectivity index (χ1v) is 12.3. The zero-order chi connectivity index (χ0) is 24.2. The highest BCUT2D eigenvalue weighted by Gasteiger charge is 2.20. The van der Waals surface area contributed by atoms with Crippen molar-refractivity contribution in [2.45, 2.75) is 18.0 Å². The summed E-state index contributed by atoms with van der Waals surface area (Å²) in [5.74, 6) is 0.306. The number of hydrogen-bond acceptors (Lipinski definition) is 7. The van der Waals surface area contributed by atoms with Gasteiger partial charge in [-0.1, -0.05) is 54.2 Å². The summed E-state index contributed by atoms with van der Waals surface area (Å²) >= 11 is 1.39. The number of esters is 1. The number of rotatable bonds is 6. The summed E-state index contributed by atoms with van der Waals surface area (Å²) in [6.07, 6.45) is 0.950.